The molecule has 1 aromatic carbocycles. The molecule has 23 heavy (non-hydrogen) atoms. The van der Waals surface area contributed by atoms with Gasteiger partial charge >= 0.3 is 0 Å². The van der Waals surface area contributed by atoms with Crippen molar-refractivity contribution in [1.82, 2.24) is 14.7 Å². The monoisotopic (exact) mass is 317 g/mol. The predicted molar refractivity (Wildman–Crippen MR) is 86.4 cm³/mol. The van der Waals surface area contributed by atoms with E-state index in [0.717, 1.165) is 25.4 Å². The number of nitrogens with zero attached hydrogens (tertiary/aromatic N) is 3. The third-order valence-corrected chi connectivity index (χ3v) is 3.83. The van der Waals surface area contributed by atoms with Crippen LogP contribution in [0.15, 0.2) is 48.8 Å². The maximum Gasteiger partial charge on any atom is 0.119 e. The number of hydrogen-bond acceptors (Lipinski definition) is 5. The fourth-order valence-electron chi connectivity index (χ4n) is 2.73. The lowest BCUT2D eigenvalue weighted by Gasteiger charge is -2.33. The highest BCUT2D eigenvalue weighted by Gasteiger charge is 2.23. The van der Waals surface area contributed by atoms with E-state index in [1.807, 2.05) is 47.3 Å². The maximum atomic E-state index is 10.2. The van der Waals surface area contributed by atoms with Gasteiger partial charge in [0.15, 0.2) is 0 Å². The third-order valence-electron chi connectivity index (χ3n) is 3.83. The Labute approximate surface area is 136 Å². The molecule has 0 radical (unpaired) electrons. The molecule has 0 amide bonds. The summed E-state index contributed by atoms with van der Waals surface area (Å²) in [5, 5.41) is 14.4. The van der Waals surface area contributed by atoms with Crippen LogP contribution >= 0.6 is 0 Å². The van der Waals surface area contributed by atoms with Gasteiger partial charge in [-0.2, -0.15) is 5.10 Å². The zero-order valence-electron chi connectivity index (χ0n) is 13.1. The van der Waals surface area contributed by atoms with Crippen LogP contribution in [0, 0.1) is 0 Å². The van der Waals surface area contributed by atoms with E-state index in [-0.39, 0.29) is 6.10 Å². The van der Waals surface area contributed by atoms with Gasteiger partial charge in [-0.3, -0.25) is 9.58 Å². The highest BCUT2D eigenvalue weighted by molar-refractivity contribution is 5.20. The molecule has 0 spiro atoms. The van der Waals surface area contributed by atoms with Crippen molar-refractivity contribution >= 4 is 0 Å². The first-order valence-corrected chi connectivity index (χ1v) is 7.97. The molecule has 0 aliphatic carbocycles. The van der Waals surface area contributed by atoms with Gasteiger partial charge in [0, 0.05) is 32.0 Å². The average molecular weight is 317 g/mol. The molecule has 2 aromatic rings. The Hall–Kier alpha value is -1.89. The van der Waals surface area contributed by atoms with Gasteiger partial charge in [0.2, 0.25) is 0 Å². The molecule has 2 atom stereocenters. The normalized spacial score (nSPS) is 20.3. The first-order chi connectivity index (χ1) is 11.3. The standard InChI is InChI=1S/C17H23N3O3/c21-15(14-23-16-5-2-1-3-6-16)11-19-9-10-22-17(12-19)13-20-8-4-7-18-20/h1-8,15,17,21H,9-14H2/t15-,17-/m1/s1. The summed E-state index contributed by atoms with van der Waals surface area (Å²) in [6.45, 7) is 3.93. The largest absolute Gasteiger partial charge is 0.491 e. The van der Waals surface area contributed by atoms with Crippen molar-refractivity contribution in [2.24, 2.45) is 0 Å². The maximum absolute atomic E-state index is 10.2. The van der Waals surface area contributed by atoms with Crippen LogP contribution in [0.2, 0.25) is 0 Å². The van der Waals surface area contributed by atoms with Crippen molar-refractivity contribution in [3.05, 3.63) is 48.8 Å². The number of rotatable bonds is 7. The average Bonchev–Trinajstić information content (AvgIpc) is 3.07. The molecule has 124 valence electrons. The van der Waals surface area contributed by atoms with Gasteiger partial charge in [-0.15, -0.1) is 0 Å². The van der Waals surface area contributed by atoms with Crippen molar-refractivity contribution in [2.45, 2.75) is 18.8 Å². The second kappa shape index (κ2) is 8.10. The van der Waals surface area contributed by atoms with Gasteiger partial charge in [-0.25, -0.2) is 0 Å². The number of aliphatic hydroxyl groups excluding tert-OH is 1. The predicted octanol–water partition coefficient (Wildman–Crippen LogP) is 1.02. The number of β-amino-alcohol motifs (C(OH)–C–C–N with tert-alkyl or cyclic N) is 1. The molecule has 0 saturated carbocycles. The molecule has 1 saturated heterocycles. The second-order valence-electron chi connectivity index (χ2n) is 5.76. The van der Waals surface area contributed by atoms with Crippen LogP contribution in [-0.4, -0.2) is 64.8 Å². The van der Waals surface area contributed by atoms with Crippen molar-refractivity contribution in [3.8, 4) is 5.75 Å². The van der Waals surface area contributed by atoms with E-state index >= 15 is 0 Å². The molecule has 1 aromatic heterocycles. The van der Waals surface area contributed by atoms with E-state index in [1.165, 1.54) is 0 Å². The van der Waals surface area contributed by atoms with Crippen LogP contribution in [0.5, 0.6) is 5.75 Å². The fraction of sp³-hybridized carbons (Fsp3) is 0.471. The Bertz CT molecular complexity index is 562. The summed E-state index contributed by atoms with van der Waals surface area (Å²) < 4.78 is 13.3. The van der Waals surface area contributed by atoms with Crippen molar-refractivity contribution in [3.63, 3.8) is 0 Å². The summed E-state index contributed by atoms with van der Waals surface area (Å²) in [6.07, 6.45) is 3.29. The molecule has 6 heteroatoms. The Balaban J connectivity index is 1.41. The first kappa shape index (κ1) is 16.0. The third kappa shape index (κ3) is 5.06. The SMILES string of the molecule is O[C@@H](COc1ccccc1)CN1CCO[C@@H](Cn2cccn2)C1. The number of ether oxygens (including phenoxy) is 2. The van der Waals surface area contributed by atoms with Gasteiger partial charge in [0.25, 0.3) is 0 Å². The molecule has 6 nitrogen and oxygen atoms in total. The number of benzene rings is 1. The summed E-state index contributed by atoms with van der Waals surface area (Å²) in [7, 11) is 0. The van der Waals surface area contributed by atoms with Gasteiger partial charge in [-0.05, 0) is 18.2 Å². The Morgan fingerprint density at radius 3 is 2.96 bits per heavy atom. The van der Waals surface area contributed by atoms with E-state index in [9.17, 15) is 5.11 Å². The minimum Gasteiger partial charge on any atom is -0.491 e. The molecular formula is C17H23N3O3. The Morgan fingerprint density at radius 1 is 1.30 bits per heavy atom. The molecule has 0 unspecified atom stereocenters. The summed E-state index contributed by atoms with van der Waals surface area (Å²) in [4.78, 5) is 2.22. The van der Waals surface area contributed by atoms with Gasteiger partial charge in [-0.1, -0.05) is 18.2 Å². The summed E-state index contributed by atoms with van der Waals surface area (Å²) in [5.41, 5.74) is 0. The zero-order valence-corrected chi connectivity index (χ0v) is 13.1. The zero-order chi connectivity index (χ0) is 15.9. The molecule has 3 rings (SSSR count). The lowest BCUT2D eigenvalue weighted by Crippen LogP contribution is -2.47. The summed E-state index contributed by atoms with van der Waals surface area (Å²) in [6, 6.07) is 11.5. The van der Waals surface area contributed by atoms with Crippen LogP contribution in [0.3, 0.4) is 0 Å². The molecule has 2 heterocycles. The number of aromatic nitrogens is 2. The lowest BCUT2D eigenvalue weighted by molar-refractivity contribution is -0.0517. The first-order valence-electron chi connectivity index (χ1n) is 7.97. The summed E-state index contributed by atoms with van der Waals surface area (Å²) in [5.74, 6) is 0.782. The van der Waals surface area contributed by atoms with Crippen LogP contribution in [0.25, 0.3) is 0 Å². The van der Waals surface area contributed by atoms with Gasteiger partial charge in [0.1, 0.15) is 18.5 Å². The number of hydrogen-bond donors (Lipinski definition) is 1. The highest BCUT2D eigenvalue weighted by atomic mass is 16.5. The van der Waals surface area contributed by atoms with Crippen molar-refractivity contribution < 1.29 is 14.6 Å². The number of para-hydroxylation sites is 1. The molecule has 1 fully saturated rings. The number of aliphatic hydroxyl groups is 1. The summed E-state index contributed by atoms with van der Waals surface area (Å²) >= 11 is 0. The highest BCUT2D eigenvalue weighted by Crippen LogP contribution is 2.11. The van der Waals surface area contributed by atoms with Gasteiger partial charge in [0.05, 0.1) is 19.3 Å². The van der Waals surface area contributed by atoms with Crippen molar-refractivity contribution in [1.29, 1.82) is 0 Å². The smallest absolute Gasteiger partial charge is 0.119 e. The quantitative estimate of drug-likeness (QED) is 0.826. The van der Waals surface area contributed by atoms with Gasteiger partial charge < -0.3 is 14.6 Å². The van der Waals surface area contributed by atoms with Crippen molar-refractivity contribution in [2.75, 3.05) is 32.8 Å². The fourth-order valence-corrected chi connectivity index (χ4v) is 2.73. The molecule has 0 bridgehead atoms. The van der Waals surface area contributed by atoms with Crippen LogP contribution in [0.4, 0.5) is 0 Å². The van der Waals surface area contributed by atoms with E-state index in [0.29, 0.717) is 19.8 Å². The number of morpholine rings is 1. The Kier molecular flexibility index (Phi) is 5.63. The van der Waals surface area contributed by atoms with E-state index in [2.05, 4.69) is 10.00 Å². The molecule has 1 aliphatic heterocycles. The molecule has 1 N–H and O–H groups in total. The minimum atomic E-state index is -0.515. The minimum absolute atomic E-state index is 0.103. The van der Waals surface area contributed by atoms with Crippen LogP contribution < -0.4 is 4.74 Å². The van der Waals surface area contributed by atoms with E-state index in [1.54, 1.807) is 6.20 Å². The van der Waals surface area contributed by atoms with E-state index < -0.39 is 6.10 Å². The van der Waals surface area contributed by atoms with Crippen LogP contribution in [0.1, 0.15) is 0 Å². The lowest BCUT2D eigenvalue weighted by atomic mass is 10.2. The van der Waals surface area contributed by atoms with Crippen LogP contribution in [-0.2, 0) is 11.3 Å². The van der Waals surface area contributed by atoms with E-state index in [4.69, 9.17) is 9.47 Å². The topological polar surface area (TPSA) is 59.8 Å². The second-order valence-corrected chi connectivity index (χ2v) is 5.76. The molecule has 1 aliphatic rings. The molecular weight excluding hydrogens is 294 g/mol. The Morgan fingerprint density at radius 2 is 2.17 bits per heavy atom.